The van der Waals surface area contributed by atoms with Crippen molar-refractivity contribution >= 4 is 71.5 Å². The third-order valence-electron chi connectivity index (χ3n) is 6.36. The van der Waals surface area contributed by atoms with E-state index in [1.54, 1.807) is 61.9 Å². The fourth-order valence-electron chi connectivity index (χ4n) is 4.30. The number of furan rings is 1. The van der Waals surface area contributed by atoms with Gasteiger partial charge in [-0.15, -0.1) is 0 Å². The third kappa shape index (κ3) is 5.66. The van der Waals surface area contributed by atoms with Gasteiger partial charge in [-0.25, -0.2) is 4.98 Å². The predicted octanol–water partition coefficient (Wildman–Crippen LogP) is 8.46. The molecule has 6 rings (SSSR count). The topological polar surface area (TPSA) is 78.9 Å². The first-order chi connectivity index (χ1) is 19.9. The minimum absolute atomic E-state index is 0.259. The average molecular weight is 694 g/mol. The van der Waals surface area contributed by atoms with Crippen LogP contribution in [0.25, 0.3) is 33.5 Å². The Morgan fingerprint density at radius 2 is 1.80 bits per heavy atom. The van der Waals surface area contributed by atoms with E-state index in [4.69, 9.17) is 30.5 Å². The molecule has 6 aromatic rings. The Morgan fingerprint density at radius 3 is 2.61 bits per heavy atom. The molecule has 2 heterocycles. The van der Waals surface area contributed by atoms with E-state index in [0.29, 0.717) is 55.4 Å². The molecule has 4 aromatic carbocycles. The Balaban J connectivity index is 1.39. The van der Waals surface area contributed by atoms with Gasteiger partial charge in [0.2, 0.25) is 5.82 Å². The number of halogens is 3. The summed E-state index contributed by atoms with van der Waals surface area (Å²) in [5.74, 6) is 1.72. The van der Waals surface area contributed by atoms with Crippen LogP contribution in [0.2, 0.25) is 5.02 Å². The average Bonchev–Trinajstić information content (AvgIpc) is 3.40. The van der Waals surface area contributed by atoms with E-state index in [-0.39, 0.29) is 11.4 Å². The van der Waals surface area contributed by atoms with Crippen molar-refractivity contribution in [3.63, 3.8) is 0 Å². The molecule has 0 aliphatic heterocycles. The van der Waals surface area contributed by atoms with Crippen LogP contribution < -0.4 is 15.0 Å². The van der Waals surface area contributed by atoms with Crippen LogP contribution in [0.5, 0.6) is 11.5 Å². The van der Waals surface area contributed by atoms with E-state index in [9.17, 15) is 4.79 Å². The van der Waals surface area contributed by atoms with Gasteiger partial charge in [0.25, 0.3) is 5.56 Å². The zero-order valence-corrected chi connectivity index (χ0v) is 25.4. The number of hydrogen-bond donors (Lipinski definition) is 0. The molecule has 0 unspecified atom stereocenters. The second-order valence-electron chi connectivity index (χ2n) is 9.05. The molecule has 41 heavy (non-hydrogen) atoms. The number of rotatable bonds is 7. The Bertz CT molecular complexity index is 2000. The van der Waals surface area contributed by atoms with E-state index < -0.39 is 0 Å². The SMILES string of the molecule is COc1cc(C=Nn2c(-c3cc4cc(Cl)ccc4o3)nc3ccccc3c2=O)c(Br)cc1OCc1ccc(Br)cc1. The molecule has 0 N–H and O–H groups in total. The Kier molecular flexibility index (Phi) is 7.66. The van der Waals surface area contributed by atoms with Crippen LogP contribution in [0.1, 0.15) is 11.1 Å². The smallest absolute Gasteiger partial charge is 0.282 e. The molecule has 0 aliphatic rings. The van der Waals surface area contributed by atoms with Crippen molar-refractivity contribution < 1.29 is 13.9 Å². The molecule has 10 heteroatoms. The van der Waals surface area contributed by atoms with Crippen molar-refractivity contribution in [2.24, 2.45) is 5.10 Å². The maximum atomic E-state index is 13.6. The highest BCUT2D eigenvalue weighted by Gasteiger charge is 2.17. The summed E-state index contributed by atoms with van der Waals surface area (Å²) < 4.78 is 20.6. The molecule has 0 radical (unpaired) electrons. The van der Waals surface area contributed by atoms with Crippen molar-refractivity contribution in [2.45, 2.75) is 6.61 Å². The first kappa shape index (κ1) is 27.3. The number of para-hydroxylation sites is 1. The molecule has 0 aliphatic carbocycles. The zero-order valence-electron chi connectivity index (χ0n) is 21.5. The third-order valence-corrected chi connectivity index (χ3v) is 7.81. The van der Waals surface area contributed by atoms with Crippen molar-refractivity contribution in [1.29, 1.82) is 0 Å². The fourth-order valence-corrected chi connectivity index (χ4v) is 5.17. The lowest BCUT2D eigenvalue weighted by atomic mass is 10.2. The summed E-state index contributed by atoms with van der Waals surface area (Å²) in [6.45, 7) is 0.369. The number of benzene rings is 4. The molecule has 0 saturated heterocycles. The van der Waals surface area contributed by atoms with Crippen molar-refractivity contribution in [1.82, 2.24) is 9.66 Å². The summed E-state index contributed by atoms with van der Waals surface area (Å²) in [6, 6.07) is 25.7. The van der Waals surface area contributed by atoms with Crippen LogP contribution in [-0.4, -0.2) is 23.0 Å². The van der Waals surface area contributed by atoms with Gasteiger partial charge in [0, 0.05) is 24.9 Å². The second kappa shape index (κ2) is 11.5. The first-order valence-electron chi connectivity index (χ1n) is 12.4. The number of fused-ring (bicyclic) bond motifs is 2. The summed E-state index contributed by atoms with van der Waals surface area (Å²) in [5, 5.41) is 6.36. The van der Waals surface area contributed by atoms with Gasteiger partial charge < -0.3 is 13.9 Å². The molecule has 0 spiro atoms. The van der Waals surface area contributed by atoms with Crippen LogP contribution >= 0.6 is 43.5 Å². The highest BCUT2D eigenvalue weighted by atomic mass is 79.9. The molecule has 2 aromatic heterocycles. The molecule has 0 amide bonds. The molecular formula is C31H20Br2ClN3O4. The lowest BCUT2D eigenvalue weighted by molar-refractivity contribution is 0.284. The second-order valence-corrected chi connectivity index (χ2v) is 11.3. The zero-order chi connectivity index (χ0) is 28.5. The fraction of sp³-hybridized carbons (Fsp3) is 0.0645. The van der Waals surface area contributed by atoms with Crippen LogP contribution in [0.4, 0.5) is 0 Å². The van der Waals surface area contributed by atoms with E-state index in [1.165, 1.54) is 4.68 Å². The maximum Gasteiger partial charge on any atom is 0.282 e. The van der Waals surface area contributed by atoms with E-state index >= 15 is 0 Å². The Hall–Kier alpha value is -3.92. The van der Waals surface area contributed by atoms with E-state index in [2.05, 4.69) is 37.0 Å². The van der Waals surface area contributed by atoms with Crippen molar-refractivity contribution in [2.75, 3.05) is 7.11 Å². The number of hydrogen-bond acceptors (Lipinski definition) is 6. The Morgan fingerprint density at radius 1 is 1.00 bits per heavy atom. The molecule has 0 atom stereocenters. The molecule has 0 bridgehead atoms. The van der Waals surface area contributed by atoms with Crippen LogP contribution in [0.15, 0.2) is 108 Å². The number of aromatic nitrogens is 2. The number of methoxy groups -OCH3 is 1. The Labute approximate surface area is 256 Å². The minimum atomic E-state index is -0.335. The van der Waals surface area contributed by atoms with Crippen LogP contribution in [0, 0.1) is 0 Å². The monoisotopic (exact) mass is 691 g/mol. The van der Waals surface area contributed by atoms with Gasteiger partial charge in [-0.1, -0.05) is 51.8 Å². The minimum Gasteiger partial charge on any atom is -0.493 e. The van der Waals surface area contributed by atoms with Gasteiger partial charge in [0.1, 0.15) is 12.2 Å². The largest absolute Gasteiger partial charge is 0.493 e. The standard InChI is InChI=1S/C31H20Br2ClN3O4/c1-39-27-14-20(24(33)15-28(27)40-17-18-6-8-21(32)9-7-18)16-35-37-30(36-25-5-3-2-4-23(25)31(37)38)29-13-19-12-22(34)10-11-26(19)41-29/h2-16H,17H2,1H3. The number of ether oxygens (including phenoxy) is 2. The van der Waals surface area contributed by atoms with Gasteiger partial charge in [0.15, 0.2) is 17.3 Å². The maximum absolute atomic E-state index is 13.6. The quantitative estimate of drug-likeness (QED) is 0.157. The molecular weight excluding hydrogens is 674 g/mol. The van der Waals surface area contributed by atoms with Gasteiger partial charge in [-0.2, -0.15) is 9.78 Å². The summed E-state index contributed by atoms with van der Waals surface area (Å²) in [4.78, 5) is 18.3. The highest BCUT2D eigenvalue weighted by Crippen LogP contribution is 2.34. The lowest BCUT2D eigenvalue weighted by Gasteiger charge is -2.13. The van der Waals surface area contributed by atoms with Crippen LogP contribution in [-0.2, 0) is 6.61 Å². The van der Waals surface area contributed by atoms with E-state index in [1.807, 2.05) is 36.4 Å². The predicted molar refractivity (Wildman–Crippen MR) is 168 cm³/mol. The van der Waals surface area contributed by atoms with E-state index in [0.717, 1.165) is 15.4 Å². The summed E-state index contributed by atoms with van der Waals surface area (Å²) >= 11 is 13.2. The first-order valence-corrected chi connectivity index (χ1v) is 14.4. The summed E-state index contributed by atoms with van der Waals surface area (Å²) in [5.41, 5.74) is 2.50. The van der Waals surface area contributed by atoms with Crippen molar-refractivity contribution in [3.8, 4) is 23.1 Å². The van der Waals surface area contributed by atoms with Gasteiger partial charge in [-0.05, 0) is 82.2 Å². The highest BCUT2D eigenvalue weighted by molar-refractivity contribution is 9.10. The van der Waals surface area contributed by atoms with Crippen LogP contribution in [0.3, 0.4) is 0 Å². The molecule has 204 valence electrons. The number of nitrogens with zero attached hydrogens (tertiary/aromatic N) is 3. The molecule has 0 fully saturated rings. The summed E-state index contributed by atoms with van der Waals surface area (Å²) in [6.07, 6.45) is 1.56. The molecule has 0 saturated carbocycles. The summed E-state index contributed by atoms with van der Waals surface area (Å²) in [7, 11) is 1.57. The van der Waals surface area contributed by atoms with Crippen molar-refractivity contribution in [3.05, 3.63) is 120 Å². The van der Waals surface area contributed by atoms with Gasteiger partial charge in [0.05, 0.1) is 24.2 Å². The molecule has 7 nitrogen and oxygen atoms in total. The lowest BCUT2D eigenvalue weighted by Crippen LogP contribution is -2.20. The van der Waals surface area contributed by atoms with Gasteiger partial charge in [-0.3, -0.25) is 4.79 Å². The normalized spacial score (nSPS) is 11.5. The van der Waals surface area contributed by atoms with Gasteiger partial charge >= 0.3 is 0 Å².